The molecule has 34 heavy (non-hydrogen) atoms. The van der Waals surface area contributed by atoms with E-state index in [4.69, 9.17) is 9.84 Å². The van der Waals surface area contributed by atoms with Crippen molar-refractivity contribution in [2.75, 3.05) is 6.54 Å². The Morgan fingerprint density at radius 3 is 2.41 bits per heavy atom. The molecule has 0 atom stereocenters. The van der Waals surface area contributed by atoms with Crippen molar-refractivity contribution in [1.29, 1.82) is 0 Å². The molecule has 1 saturated carbocycles. The van der Waals surface area contributed by atoms with Crippen LogP contribution in [0.25, 0.3) is 5.69 Å². The van der Waals surface area contributed by atoms with E-state index in [1.807, 2.05) is 49.1 Å². The van der Waals surface area contributed by atoms with Gasteiger partial charge in [0.25, 0.3) is 0 Å². The van der Waals surface area contributed by atoms with Gasteiger partial charge in [-0.2, -0.15) is 5.10 Å². The predicted octanol–water partition coefficient (Wildman–Crippen LogP) is 6.26. The second kappa shape index (κ2) is 10.3. The fourth-order valence-electron chi connectivity index (χ4n) is 3.90. The van der Waals surface area contributed by atoms with E-state index in [0.717, 1.165) is 29.8 Å². The van der Waals surface area contributed by atoms with Gasteiger partial charge in [-0.15, -0.1) is 0 Å². The largest absolute Gasteiger partial charge is 0.435 e. The molecule has 4 rings (SSSR count). The first-order valence-electron chi connectivity index (χ1n) is 12.0. The summed E-state index contributed by atoms with van der Waals surface area (Å²) in [5.74, 6) is 0.696. The molecule has 1 fully saturated rings. The number of nitrogens with zero attached hydrogens (tertiary/aromatic N) is 3. The molecule has 3 aromatic rings. The van der Waals surface area contributed by atoms with Gasteiger partial charge in [0.2, 0.25) is 5.88 Å². The molecular formula is C27H33FN4O2. The number of urea groups is 1. The molecule has 0 bridgehead atoms. The van der Waals surface area contributed by atoms with Crippen molar-refractivity contribution in [2.45, 2.75) is 59.0 Å². The van der Waals surface area contributed by atoms with E-state index in [1.165, 1.54) is 6.07 Å². The zero-order valence-electron chi connectivity index (χ0n) is 20.3. The molecule has 0 aliphatic heterocycles. The predicted molar refractivity (Wildman–Crippen MR) is 131 cm³/mol. The van der Waals surface area contributed by atoms with Gasteiger partial charge in [0.1, 0.15) is 0 Å². The third-order valence-corrected chi connectivity index (χ3v) is 5.78. The molecule has 1 N–H and O–H groups in total. The highest BCUT2D eigenvalue weighted by molar-refractivity contribution is 5.74. The van der Waals surface area contributed by atoms with Crippen LogP contribution >= 0.6 is 0 Å². The summed E-state index contributed by atoms with van der Waals surface area (Å²) in [6, 6.07) is 15.9. The number of halogens is 1. The maximum Gasteiger partial charge on any atom is 0.317 e. The zero-order valence-corrected chi connectivity index (χ0v) is 20.3. The van der Waals surface area contributed by atoms with Gasteiger partial charge in [0.05, 0.1) is 23.5 Å². The van der Waals surface area contributed by atoms with Crippen LogP contribution in [0.3, 0.4) is 0 Å². The lowest BCUT2D eigenvalue weighted by Gasteiger charge is -2.25. The van der Waals surface area contributed by atoms with Crippen molar-refractivity contribution in [3.05, 3.63) is 71.7 Å². The van der Waals surface area contributed by atoms with Gasteiger partial charge in [-0.3, -0.25) is 0 Å². The second-order valence-electron chi connectivity index (χ2n) is 9.53. The van der Waals surface area contributed by atoms with Gasteiger partial charge < -0.3 is 15.0 Å². The van der Waals surface area contributed by atoms with E-state index in [-0.39, 0.29) is 23.7 Å². The first-order valence-corrected chi connectivity index (χ1v) is 12.0. The van der Waals surface area contributed by atoms with Crippen molar-refractivity contribution < 1.29 is 13.9 Å². The maximum absolute atomic E-state index is 14.6. The molecule has 0 saturated heterocycles. The SMILES string of the molecule is CC(C)NC(=O)N(Cc1c(C(C)C)nn(-c2ccccc2)c1Oc1ccccc1F)CC1CC1. The molecule has 0 spiro atoms. The van der Waals surface area contributed by atoms with Crippen LogP contribution in [-0.2, 0) is 6.54 Å². The third kappa shape index (κ3) is 5.58. The fourth-order valence-corrected chi connectivity index (χ4v) is 3.90. The Labute approximate surface area is 200 Å². The summed E-state index contributed by atoms with van der Waals surface area (Å²) < 4.78 is 22.5. The number of amides is 2. The van der Waals surface area contributed by atoms with Gasteiger partial charge in [-0.25, -0.2) is 13.9 Å². The van der Waals surface area contributed by atoms with Crippen molar-refractivity contribution in [2.24, 2.45) is 5.92 Å². The number of hydrogen-bond acceptors (Lipinski definition) is 3. The number of hydrogen-bond donors (Lipinski definition) is 1. The highest BCUT2D eigenvalue weighted by atomic mass is 19.1. The Bertz CT molecular complexity index is 1120. The normalized spacial score (nSPS) is 13.4. The number of rotatable bonds is 9. The maximum atomic E-state index is 14.6. The second-order valence-corrected chi connectivity index (χ2v) is 9.53. The van der Waals surface area contributed by atoms with E-state index in [0.29, 0.717) is 24.9 Å². The summed E-state index contributed by atoms with van der Waals surface area (Å²) in [5.41, 5.74) is 2.43. The Morgan fingerprint density at radius 1 is 1.12 bits per heavy atom. The van der Waals surface area contributed by atoms with Gasteiger partial charge >= 0.3 is 6.03 Å². The minimum Gasteiger partial charge on any atom is -0.435 e. The minimum atomic E-state index is -0.451. The Balaban J connectivity index is 1.81. The molecule has 2 amide bonds. The molecule has 0 unspecified atom stereocenters. The molecule has 2 aromatic carbocycles. The van der Waals surface area contributed by atoms with Gasteiger partial charge in [0.15, 0.2) is 11.6 Å². The van der Waals surface area contributed by atoms with Crippen LogP contribution in [0.5, 0.6) is 11.6 Å². The first kappa shape index (κ1) is 23.8. The van der Waals surface area contributed by atoms with E-state index in [9.17, 15) is 9.18 Å². The van der Waals surface area contributed by atoms with Crippen LogP contribution < -0.4 is 10.1 Å². The number of carbonyl (C=O) groups excluding carboxylic acids is 1. The average Bonchev–Trinajstić information content (AvgIpc) is 3.55. The summed E-state index contributed by atoms with van der Waals surface area (Å²) in [6.45, 7) is 9.03. The number of ether oxygens (including phenoxy) is 1. The monoisotopic (exact) mass is 464 g/mol. The van der Waals surface area contributed by atoms with E-state index >= 15 is 0 Å². The Morgan fingerprint density at radius 2 is 1.79 bits per heavy atom. The molecular weight excluding hydrogens is 431 g/mol. The van der Waals surface area contributed by atoms with Gasteiger partial charge in [-0.05, 0) is 62.8 Å². The molecule has 0 radical (unpaired) electrons. The molecule has 7 heteroatoms. The van der Waals surface area contributed by atoms with Crippen LogP contribution in [0.2, 0.25) is 0 Å². The van der Waals surface area contributed by atoms with Crippen LogP contribution in [0.1, 0.15) is 57.7 Å². The fraction of sp³-hybridized carbons (Fsp3) is 0.407. The lowest BCUT2D eigenvalue weighted by atomic mass is 10.1. The summed E-state index contributed by atoms with van der Waals surface area (Å²) in [7, 11) is 0. The van der Waals surface area contributed by atoms with Gasteiger partial charge in [-0.1, -0.05) is 44.2 Å². The molecule has 180 valence electrons. The van der Waals surface area contributed by atoms with E-state index < -0.39 is 5.82 Å². The molecule has 1 aliphatic rings. The summed E-state index contributed by atoms with van der Waals surface area (Å²) in [5, 5.41) is 7.91. The number of carbonyl (C=O) groups is 1. The highest BCUT2D eigenvalue weighted by Gasteiger charge is 2.31. The third-order valence-electron chi connectivity index (χ3n) is 5.78. The van der Waals surface area contributed by atoms with Crippen LogP contribution in [0.15, 0.2) is 54.6 Å². The van der Waals surface area contributed by atoms with Crippen molar-refractivity contribution in [3.8, 4) is 17.3 Å². The quantitative estimate of drug-likeness (QED) is 0.407. The molecule has 1 heterocycles. The van der Waals surface area contributed by atoms with Crippen molar-refractivity contribution >= 4 is 6.03 Å². The number of nitrogens with one attached hydrogen (secondary N) is 1. The standard InChI is InChI=1S/C27H33FN4O2/c1-18(2)25-22(17-31(16-20-14-15-20)27(33)29-19(3)4)26(34-24-13-9-8-12-23(24)28)32(30-25)21-10-6-5-7-11-21/h5-13,18-20H,14-17H2,1-4H3,(H,29,33). The first-order chi connectivity index (χ1) is 16.3. The lowest BCUT2D eigenvalue weighted by Crippen LogP contribution is -2.43. The Hall–Kier alpha value is -3.35. The van der Waals surface area contributed by atoms with Crippen LogP contribution in [0.4, 0.5) is 9.18 Å². The number of para-hydroxylation sites is 2. The topological polar surface area (TPSA) is 59.4 Å². The molecule has 1 aliphatic carbocycles. The average molecular weight is 465 g/mol. The lowest BCUT2D eigenvalue weighted by molar-refractivity contribution is 0.189. The Kier molecular flexibility index (Phi) is 7.20. The zero-order chi connectivity index (χ0) is 24.2. The molecule has 6 nitrogen and oxygen atoms in total. The van der Waals surface area contributed by atoms with Crippen LogP contribution in [0, 0.1) is 11.7 Å². The van der Waals surface area contributed by atoms with Crippen LogP contribution in [-0.4, -0.2) is 33.3 Å². The number of aromatic nitrogens is 2. The number of benzene rings is 2. The smallest absolute Gasteiger partial charge is 0.317 e. The molecule has 1 aromatic heterocycles. The highest BCUT2D eigenvalue weighted by Crippen LogP contribution is 2.37. The van der Waals surface area contributed by atoms with Crippen molar-refractivity contribution in [3.63, 3.8) is 0 Å². The summed E-state index contributed by atoms with van der Waals surface area (Å²) in [6.07, 6.45) is 2.26. The van der Waals surface area contributed by atoms with Gasteiger partial charge in [0, 0.05) is 12.6 Å². The summed E-state index contributed by atoms with van der Waals surface area (Å²) >= 11 is 0. The van der Waals surface area contributed by atoms with E-state index in [2.05, 4.69) is 19.2 Å². The minimum absolute atomic E-state index is 0.0277. The van der Waals surface area contributed by atoms with E-state index in [1.54, 1.807) is 22.9 Å². The van der Waals surface area contributed by atoms with Crippen molar-refractivity contribution in [1.82, 2.24) is 20.0 Å². The summed E-state index contributed by atoms with van der Waals surface area (Å²) in [4.78, 5) is 14.9.